The summed E-state index contributed by atoms with van der Waals surface area (Å²) in [7, 11) is 0. The van der Waals surface area contributed by atoms with E-state index in [1.165, 1.54) is 6.39 Å². The zero-order valence-corrected chi connectivity index (χ0v) is 10.3. The van der Waals surface area contributed by atoms with Crippen molar-refractivity contribution in [3.63, 3.8) is 0 Å². The highest BCUT2D eigenvalue weighted by atomic mass is 35.5. The van der Waals surface area contributed by atoms with Gasteiger partial charge in [0.15, 0.2) is 5.82 Å². The third-order valence-corrected chi connectivity index (χ3v) is 2.95. The van der Waals surface area contributed by atoms with Gasteiger partial charge in [0.1, 0.15) is 5.82 Å². The van der Waals surface area contributed by atoms with Gasteiger partial charge in [0.25, 0.3) is 0 Å². The fourth-order valence-corrected chi connectivity index (χ4v) is 2.15. The lowest BCUT2D eigenvalue weighted by molar-refractivity contribution is 0.408. The molecule has 0 aliphatic heterocycles. The molecule has 0 radical (unpaired) electrons. The van der Waals surface area contributed by atoms with Crippen LogP contribution in [0.5, 0.6) is 0 Å². The fourth-order valence-electron chi connectivity index (χ4n) is 1.98. The average molecular weight is 263 g/mol. The SMILES string of the molecule is ClCCc1nc2ccccc2n1Cc1ncon1. The number of hydrogen-bond acceptors (Lipinski definition) is 4. The second-order valence-corrected chi connectivity index (χ2v) is 4.27. The number of rotatable bonds is 4. The van der Waals surface area contributed by atoms with Gasteiger partial charge in [-0.3, -0.25) is 0 Å². The van der Waals surface area contributed by atoms with Crippen LogP contribution in [-0.4, -0.2) is 25.6 Å². The van der Waals surface area contributed by atoms with Gasteiger partial charge in [0.05, 0.1) is 17.6 Å². The number of halogens is 1. The third-order valence-electron chi connectivity index (χ3n) is 2.76. The van der Waals surface area contributed by atoms with Gasteiger partial charge in [0.2, 0.25) is 6.39 Å². The lowest BCUT2D eigenvalue weighted by Crippen LogP contribution is -2.07. The summed E-state index contributed by atoms with van der Waals surface area (Å²) in [5.41, 5.74) is 2.02. The molecule has 0 bridgehead atoms. The number of hydrogen-bond donors (Lipinski definition) is 0. The first-order valence-corrected chi connectivity index (χ1v) is 6.17. The van der Waals surface area contributed by atoms with Crippen LogP contribution in [0.25, 0.3) is 11.0 Å². The Bertz CT molecular complexity index is 647. The zero-order chi connectivity index (χ0) is 12.4. The molecule has 0 unspecified atom stereocenters. The van der Waals surface area contributed by atoms with Crippen molar-refractivity contribution >= 4 is 22.6 Å². The van der Waals surface area contributed by atoms with Crippen LogP contribution in [0.2, 0.25) is 0 Å². The van der Waals surface area contributed by atoms with Gasteiger partial charge >= 0.3 is 0 Å². The molecule has 0 amide bonds. The molecule has 1 aromatic carbocycles. The first kappa shape index (κ1) is 11.2. The lowest BCUT2D eigenvalue weighted by atomic mass is 10.3. The minimum atomic E-state index is 0.537. The predicted octanol–water partition coefficient (Wildman–Crippen LogP) is 2.25. The molecule has 0 saturated carbocycles. The number of nitrogens with zero attached hydrogens (tertiary/aromatic N) is 4. The fraction of sp³-hybridized carbons (Fsp3) is 0.250. The highest BCUT2D eigenvalue weighted by molar-refractivity contribution is 6.17. The molecule has 3 rings (SSSR count). The number of aryl methyl sites for hydroxylation is 1. The molecule has 2 aromatic heterocycles. The summed E-state index contributed by atoms with van der Waals surface area (Å²) in [6.07, 6.45) is 2.05. The van der Waals surface area contributed by atoms with Crippen molar-refractivity contribution in [2.24, 2.45) is 0 Å². The number of benzene rings is 1. The van der Waals surface area contributed by atoms with E-state index in [0.29, 0.717) is 24.7 Å². The smallest absolute Gasteiger partial charge is 0.213 e. The summed E-state index contributed by atoms with van der Waals surface area (Å²) >= 11 is 5.81. The average Bonchev–Trinajstić information content (AvgIpc) is 3.00. The Morgan fingerprint density at radius 2 is 2.17 bits per heavy atom. The number of para-hydroxylation sites is 2. The van der Waals surface area contributed by atoms with Crippen LogP contribution in [0.1, 0.15) is 11.6 Å². The summed E-state index contributed by atoms with van der Waals surface area (Å²) < 4.78 is 6.83. The number of aromatic nitrogens is 4. The van der Waals surface area contributed by atoms with Crippen LogP contribution >= 0.6 is 11.6 Å². The van der Waals surface area contributed by atoms with Crippen molar-refractivity contribution in [2.75, 3.05) is 5.88 Å². The van der Waals surface area contributed by atoms with E-state index in [-0.39, 0.29) is 0 Å². The largest absolute Gasteiger partial charge is 0.343 e. The molecule has 5 nitrogen and oxygen atoms in total. The summed E-state index contributed by atoms with van der Waals surface area (Å²) in [5.74, 6) is 2.11. The van der Waals surface area contributed by atoms with Gasteiger partial charge in [-0.1, -0.05) is 17.3 Å². The predicted molar refractivity (Wildman–Crippen MR) is 67.6 cm³/mol. The van der Waals surface area contributed by atoms with E-state index in [0.717, 1.165) is 16.9 Å². The van der Waals surface area contributed by atoms with Crippen molar-refractivity contribution in [1.82, 2.24) is 19.7 Å². The van der Waals surface area contributed by atoms with Crippen LogP contribution < -0.4 is 0 Å². The Morgan fingerprint density at radius 1 is 1.28 bits per heavy atom. The highest BCUT2D eigenvalue weighted by Gasteiger charge is 2.11. The monoisotopic (exact) mass is 262 g/mol. The summed E-state index contributed by atoms with van der Waals surface area (Å²) in [6.45, 7) is 0.545. The van der Waals surface area contributed by atoms with E-state index >= 15 is 0 Å². The van der Waals surface area contributed by atoms with E-state index in [1.807, 2.05) is 24.3 Å². The maximum Gasteiger partial charge on any atom is 0.213 e. The molecule has 18 heavy (non-hydrogen) atoms. The molecule has 92 valence electrons. The molecule has 0 spiro atoms. The van der Waals surface area contributed by atoms with Crippen molar-refractivity contribution in [1.29, 1.82) is 0 Å². The second kappa shape index (κ2) is 4.78. The van der Waals surface area contributed by atoms with Gasteiger partial charge < -0.3 is 9.09 Å². The highest BCUT2D eigenvalue weighted by Crippen LogP contribution is 2.17. The normalized spacial score (nSPS) is 11.2. The van der Waals surface area contributed by atoms with Crippen LogP contribution in [0.4, 0.5) is 0 Å². The van der Waals surface area contributed by atoms with Crippen LogP contribution in [0.3, 0.4) is 0 Å². The quantitative estimate of drug-likeness (QED) is 0.677. The number of fused-ring (bicyclic) bond motifs is 1. The standard InChI is InChI=1S/C12H11ClN4O/c13-6-5-12-15-9-3-1-2-4-10(9)17(12)7-11-14-8-18-16-11/h1-4,8H,5-7H2. The van der Waals surface area contributed by atoms with Crippen LogP contribution in [0, 0.1) is 0 Å². The first-order valence-electron chi connectivity index (χ1n) is 5.64. The molecule has 0 atom stereocenters. The van der Waals surface area contributed by atoms with Gasteiger partial charge in [-0.15, -0.1) is 11.6 Å². The van der Waals surface area contributed by atoms with E-state index in [4.69, 9.17) is 16.1 Å². The number of alkyl halides is 1. The van der Waals surface area contributed by atoms with Gasteiger partial charge in [-0.2, -0.15) is 4.98 Å². The lowest BCUT2D eigenvalue weighted by Gasteiger charge is -2.04. The van der Waals surface area contributed by atoms with Gasteiger partial charge in [-0.25, -0.2) is 4.98 Å². The molecule has 0 aliphatic carbocycles. The molecule has 2 heterocycles. The molecular formula is C12H11ClN4O. The molecule has 3 aromatic rings. The Labute approximate surface area is 108 Å². The third kappa shape index (κ3) is 1.97. The molecule has 0 fully saturated rings. The van der Waals surface area contributed by atoms with Gasteiger partial charge in [-0.05, 0) is 12.1 Å². The number of imidazole rings is 1. The topological polar surface area (TPSA) is 56.7 Å². The molecule has 0 aliphatic rings. The Kier molecular flexibility index (Phi) is 2.98. The van der Waals surface area contributed by atoms with Crippen molar-refractivity contribution in [3.8, 4) is 0 Å². The summed E-state index contributed by atoms with van der Waals surface area (Å²) in [6, 6.07) is 7.97. The Hall–Kier alpha value is -1.88. The Morgan fingerprint density at radius 3 is 2.94 bits per heavy atom. The Balaban J connectivity index is 2.09. The van der Waals surface area contributed by atoms with Crippen molar-refractivity contribution in [2.45, 2.75) is 13.0 Å². The maximum absolute atomic E-state index is 5.81. The van der Waals surface area contributed by atoms with E-state index in [2.05, 4.69) is 19.7 Å². The van der Waals surface area contributed by atoms with Gasteiger partial charge in [0, 0.05) is 12.3 Å². The van der Waals surface area contributed by atoms with Crippen LogP contribution in [0.15, 0.2) is 35.2 Å². The van der Waals surface area contributed by atoms with E-state index in [1.54, 1.807) is 0 Å². The maximum atomic E-state index is 5.81. The van der Waals surface area contributed by atoms with E-state index in [9.17, 15) is 0 Å². The molecule has 6 heteroatoms. The molecule has 0 N–H and O–H groups in total. The molecular weight excluding hydrogens is 252 g/mol. The van der Waals surface area contributed by atoms with Crippen molar-refractivity contribution in [3.05, 3.63) is 42.3 Å². The van der Waals surface area contributed by atoms with Crippen LogP contribution in [-0.2, 0) is 13.0 Å². The first-order chi connectivity index (χ1) is 8.88. The van der Waals surface area contributed by atoms with Crippen molar-refractivity contribution < 1.29 is 4.52 Å². The summed E-state index contributed by atoms with van der Waals surface area (Å²) in [5, 5.41) is 3.83. The zero-order valence-electron chi connectivity index (χ0n) is 9.58. The van der Waals surface area contributed by atoms with E-state index < -0.39 is 0 Å². The minimum absolute atomic E-state index is 0.537. The molecule has 0 saturated heterocycles. The second-order valence-electron chi connectivity index (χ2n) is 3.89. The summed E-state index contributed by atoms with van der Waals surface area (Å²) in [4.78, 5) is 8.62. The minimum Gasteiger partial charge on any atom is -0.343 e.